The van der Waals surface area contributed by atoms with Crippen LogP contribution < -0.4 is 10.1 Å². The molecular formula is C20H17ClN2O3S2. The van der Waals surface area contributed by atoms with Gasteiger partial charge in [0.2, 0.25) is 0 Å². The van der Waals surface area contributed by atoms with Gasteiger partial charge in [0, 0.05) is 13.1 Å². The molecular weight excluding hydrogens is 416 g/mol. The number of methoxy groups -OCH3 is 1. The third-order valence-corrected chi connectivity index (χ3v) is 5.71. The molecule has 0 spiro atoms. The molecule has 2 amide bonds. The number of benzene rings is 2. The van der Waals surface area contributed by atoms with Gasteiger partial charge in [0.1, 0.15) is 10.1 Å². The van der Waals surface area contributed by atoms with Crippen molar-refractivity contribution in [2.24, 2.45) is 0 Å². The number of thiocarbonyl (C=S) groups is 1. The van der Waals surface area contributed by atoms with Crippen LogP contribution in [0.25, 0.3) is 6.08 Å². The van der Waals surface area contributed by atoms with Crippen LogP contribution in [0.15, 0.2) is 53.4 Å². The second-order valence-corrected chi connectivity index (χ2v) is 7.93. The van der Waals surface area contributed by atoms with Crippen molar-refractivity contribution in [1.82, 2.24) is 10.2 Å². The normalized spacial score (nSPS) is 15.2. The van der Waals surface area contributed by atoms with Gasteiger partial charge < -0.3 is 10.1 Å². The maximum atomic E-state index is 12.7. The van der Waals surface area contributed by atoms with Gasteiger partial charge in [0.25, 0.3) is 11.8 Å². The first-order valence-electron chi connectivity index (χ1n) is 8.42. The molecule has 0 aromatic heterocycles. The second-order valence-electron chi connectivity index (χ2n) is 5.85. The predicted molar refractivity (Wildman–Crippen MR) is 117 cm³/mol. The van der Waals surface area contributed by atoms with E-state index in [4.69, 9.17) is 28.6 Å². The molecule has 1 aliphatic heterocycles. The molecule has 0 radical (unpaired) electrons. The number of ether oxygens (including phenoxy) is 1. The Balaban J connectivity index is 1.61. The molecule has 1 heterocycles. The fraction of sp³-hybridized carbons (Fsp3) is 0.150. The Labute approximate surface area is 177 Å². The monoisotopic (exact) mass is 432 g/mol. The Kier molecular flexibility index (Phi) is 6.72. The molecule has 1 fully saturated rings. The lowest BCUT2D eigenvalue weighted by atomic mass is 10.2. The molecule has 0 bridgehead atoms. The highest BCUT2D eigenvalue weighted by atomic mass is 35.5. The lowest BCUT2D eigenvalue weighted by Crippen LogP contribution is -2.37. The average Bonchev–Trinajstić information content (AvgIpc) is 2.95. The average molecular weight is 433 g/mol. The van der Waals surface area contributed by atoms with Crippen molar-refractivity contribution in [2.75, 3.05) is 20.2 Å². The van der Waals surface area contributed by atoms with E-state index in [-0.39, 0.29) is 24.9 Å². The molecule has 8 heteroatoms. The van der Waals surface area contributed by atoms with E-state index in [1.165, 1.54) is 16.7 Å². The summed E-state index contributed by atoms with van der Waals surface area (Å²) in [5.74, 6) is 0.249. The van der Waals surface area contributed by atoms with Gasteiger partial charge in [0.15, 0.2) is 0 Å². The predicted octanol–water partition coefficient (Wildman–Crippen LogP) is 3.98. The fourth-order valence-electron chi connectivity index (χ4n) is 2.60. The van der Waals surface area contributed by atoms with E-state index < -0.39 is 0 Å². The van der Waals surface area contributed by atoms with Gasteiger partial charge >= 0.3 is 0 Å². The SMILES string of the molecule is COc1cccc(/C=C2/SC(=S)N(CCNC(=O)c3ccccc3Cl)C2=O)c1. The van der Waals surface area contributed by atoms with Gasteiger partial charge in [0.05, 0.1) is 22.6 Å². The second kappa shape index (κ2) is 9.23. The Hall–Kier alpha value is -2.35. The number of thioether (sulfide) groups is 1. The van der Waals surface area contributed by atoms with Crippen molar-refractivity contribution in [3.8, 4) is 5.75 Å². The van der Waals surface area contributed by atoms with Crippen LogP contribution in [0.3, 0.4) is 0 Å². The highest BCUT2D eigenvalue weighted by Gasteiger charge is 2.31. The highest BCUT2D eigenvalue weighted by Crippen LogP contribution is 2.32. The van der Waals surface area contributed by atoms with Crippen LogP contribution >= 0.6 is 35.6 Å². The quantitative estimate of drug-likeness (QED) is 0.552. The first-order chi connectivity index (χ1) is 13.5. The van der Waals surface area contributed by atoms with Gasteiger partial charge in [-0.15, -0.1) is 0 Å². The van der Waals surface area contributed by atoms with Gasteiger partial charge in [-0.25, -0.2) is 0 Å². The summed E-state index contributed by atoms with van der Waals surface area (Å²) in [5, 5.41) is 3.15. The van der Waals surface area contributed by atoms with Gasteiger partial charge in [-0.3, -0.25) is 14.5 Å². The molecule has 1 saturated heterocycles. The number of hydrogen-bond donors (Lipinski definition) is 1. The molecule has 2 aromatic rings. The molecule has 1 aliphatic rings. The zero-order chi connectivity index (χ0) is 20.1. The number of amides is 2. The zero-order valence-electron chi connectivity index (χ0n) is 15.0. The standard InChI is InChI=1S/C20H17ClN2O3S2/c1-26-14-6-4-5-13(11-14)12-17-19(25)23(20(27)28-17)10-9-22-18(24)15-7-2-3-8-16(15)21/h2-8,11-12H,9-10H2,1H3,(H,22,24)/b17-12+. The first kappa shape index (κ1) is 20.4. The van der Waals surface area contributed by atoms with Crippen molar-refractivity contribution < 1.29 is 14.3 Å². The van der Waals surface area contributed by atoms with Crippen molar-refractivity contribution in [3.05, 3.63) is 69.6 Å². The van der Waals surface area contributed by atoms with Crippen LogP contribution in [0.2, 0.25) is 5.02 Å². The topological polar surface area (TPSA) is 58.6 Å². The van der Waals surface area contributed by atoms with E-state index in [9.17, 15) is 9.59 Å². The summed E-state index contributed by atoms with van der Waals surface area (Å²) >= 11 is 12.6. The Morgan fingerprint density at radius 2 is 2.07 bits per heavy atom. The molecule has 0 saturated carbocycles. The number of halogens is 1. The highest BCUT2D eigenvalue weighted by molar-refractivity contribution is 8.26. The van der Waals surface area contributed by atoms with Crippen LogP contribution in [0.5, 0.6) is 5.75 Å². The maximum Gasteiger partial charge on any atom is 0.266 e. The van der Waals surface area contributed by atoms with Gasteiger partial charge in [-0.1, -0.05) is 59.8 Å². The summed E-state index contributed by atoms with van der Waals surface area (Å²) in [6.07, 6.45) is 1.78. The van der Waals surface area contributed by atoms with E-state index in [1.807, 2.05) is 24.3 Å². The minimum atomic E-state index is -0.289. The van der Waals surface area contributed by atoms with E-state index in [1.54, 1.807) is 37.5 Å². The molecule has 0 atom stereocenters. The number of rotatable bonds is 6. The smallest absolute Gasteiger partial charge is 0.266 e. The molecule has 144 valence electrons. The molecule has 28 heavy (non-hydrogen) atoms. The van der Waals surface area contributed by atoms with Crippen molar-refractivity contribution >= 4 is 57.8 Å². The summed E-state index contributed by atoms with van der Waals surface area (Å²) < 4.78 is 5.67. The minimum Gasteiger partial charge on any atom is -0.497 e. The fourth-order valence-corrected chi connectivity index (χ4v) is 4.13. The van der Waals surface area contributed by atoms with E-state index in [0.717, 1.165) is 5.56 Å². The summed E-state index contributed by atoms with van der Waals surface area (Å²) in [7, 11) is 1.59. The molecule has 2 aromatic carbocycles. The van der Waals surface area contributed by atoms with Crippen molar-refractivity contribution in [1.29, 1.82) is 0 Å². The van der Waals surface area contributed by atoms with Crippen LogP contribution in [0, 0.1) is 0 Å². The third kappa shape index (κ3) is 4.73. The lowest BCUT2D eigenvalue weighted by molar-refractivity contribution is -0.122. The molecule has 0 aliphatic carbocycles. The maximum absolute atomic E-state index is 12.7. The molecule has 3 rings (SSSR count). The minimum absolute atomic E-state index is 0.176. The number of nitrogens with zero attached hydrogens (tertiary/aromatic N) is 1. The van der Waals surface area contributed by atoms with Crippen LogP contribution in [-0.4, -0.2) is 41.2 Å². The zero-order valence-corrected chi connectivity index (χ0v) is 17.4. The summed E-state index contributed by atoms with van der Waals surface area (Å²) in [5.41, 5.74) is 1.25. The van der Waals surface area contributed by atoms with E-state index >= 15 is 0 Å². The van der Waals surface area contributed by atoms with Gasteiger partial charge in [-0.2, -0.15) is 0 Å². The van der Waals surface area contributed by atoms with E-state index in [2.05, 4.69) is 5.32 Å². The summed E-state index contributed by atoms with van der Waals surface area (Å²) in [6, 6.07) is 14.2. The number of carbonyl (C=O) groups is 2. The Bertz CT molecular complexity index is 962. The van der Waals surface area contributed by atoms with E-state index in [0.29, 0.717) is 25.6 Å². The molecule has 0 unspecified atom stereocenters. The summed E-state index contributed by atoms with van der Waals surface area (Å²) in [4.78, 5) is 26.9. The largest absolute Gasteiger partial charge is 0.497 e. The third-order valence-electron chi connectivity index (χ3n) is 4.00. The van der Waals surface area contributed by atoms with Crippen LogP contribution in [0.4, 0.5) is 0 Å². The Morgan fingerprint density at radius 1 is 1.29 bits per heavy atom. The lowest BCUT2D eigenvalue weighted by Gasteiger charge is -2.15. The summed E-state index contributed by atoms with van der Waals surface area (Å²) in [6.45, 7) is 0.555. The van der Waals surface area contributed by atoms with Crippen LogP contribution in [-0.2, 0) is 4.79 Å². The molecule has 1 N–H and O–H groups in total. The number of carbonyl (C=O) groups excluding carboxylic acids is 2. The Morgan fingerprint density at radius 3 is 2.82 bits per heavy atom. The van der Waals surface area contributed by atoms with Crippen molar-refractivity contribution in [3.63, 3.8) is 0 Å². The number of hydrogen-bond acceptors (Lipinski definition) is 5. The van der Waals surface area contributed by atoms with Crippen LogP contribution in [0.1, 0.15) is 15.9 Å². The van der Waals surface area contributed by atoms with Gasteiger partial charge in [-0.05, 0) is 35.9 Å². The first-order valence-corrected chi connectivity index (χ1v) is 10.0. The molecule has 5 nitrogen and oxygen atoms in total. The number of nitrogens with one attached hydrogen (secondary N) is 1. The van der Waals surface area contributed by atoms with Crippen molar-refractivity contribution in [2.45, 2.75) is 0 Å².